The van der Waals surface area contributed by atoms with E-state index in [-0.39, 0.29) is 23.7 Å². The average molecular weight is 270 g/mol. The second-order valence-electron chi connectivity index (χ2n) is 5.70. The van der Waals surface area contributed by atoms with Crippen molar-refractivity contribution in [2.24, 2.45) is 17.6 Å². The van der Waals surface area contributed by atoms with Gasteiger partial charge >= 0.3 is 5.97 Å². The van der Waals surface area contributed by atoms with Crippen LogP contribution in [0, 0.1) is 11.8 Å². The smallest absolute Gasteiger partial charge is 0.310 e. The Balaban J connectivity index is 2.44. The predicted molar refractivity (Wildman–Crippen MR) is 73.4 cm³/mol. The molecule has 0 aromatic carbocycles. The fourth-order valence-electron chi connectivity index (χ4n) is 2.53. The number of ether oxygens (including phenoxy) is 1. The topological polar surface area (TPSA) is 81.4 Å². The van der Waals surface area contributed by atoms with Crippen LogP contribution in [0.4, 0.5) is 0 Å². The molecule has 1 saturated carbocycles. The van der Waals surface area contributed by atoms with Gasteiger partial charge in [0.2, 0.25) is 5.91 Å². The van der Waals surface area contributed by atoms with Crippen molar-refractivity contribution in [3.8, 4) is 0 Å². The van der Waals surface area contributed by atoms with E-state index < -0.39 is 5.54 Å². The summed E-state index contributed by atoms with van der Waals surface area (Å²) in [5, 5.41) is 2.83. The highest BCUT2D eigenvalue weighted by molar-refractivity contribution is 5.81. The number of carbonyl (C=O) groups is 2. The molecule has 0 radical (unpaired) electrons. The minimum absolute atomic E-state index is 0.0409. The fourth-order valence-corrected chi connectivity index (χ4v) is 2.53. The Labute approximate surface area is 115 Å². The number of amides is 1. The highest BCUT2D eigenvalue weighted by atomic mass is 16.5. The first kappa shape index (κ1) is 16.0. The third kappa shape index (κ3) is 4.49. The Morgan fingerprint density at radius 3 is 2.74 bits per heavy atom. The number of rotatable bonds is 5. The molecule has 19 heavy (non-hydrogen) atoms. The van der Waals surface area contributed by atoms with Crippen LogP contribution in [-0.4, -0.2) is 30.6 Å². The molecule has 0 heterocycles. The van der Waals surface area contributed by atoms with Crippen LogP contribution in [0.2, 0.25) is 0 Å². The maximum atomic E-state index is 12.2. The van der Waals surface area contributed by atoms with Crippen molar-refractivity contribution in [3.05, 3.63) is 0 Å². The van der Waals surface area contributed by atoms with Crippen molar-refractivity contribution in [2.75, 3.05) is 13.2 Å². The number of nitrogens with two attached hydrogens (primary N) is 1. The molecule has 3 atom stereocenters. The van der Waals surface area contributed by atoms with Gasteiger partial charge in [-0.3, -0.25) is 9.59 Å². The molecule has 1 fully saturated rings. The number of hydrogen-bond donors (Lipinski definition) is 2. The first-order valence-electron chi connectivity index (χ1n) is 7.11. The van der Waals surface area contributed by atoms with E-state index in [2.05, 4.69) is 5.32 Å². The Hall–Kier alpha value is -1.10. The van der Waals surface area contributed by atoms with Crippen LogP contribution in [0.25, 0.3) is 0 Å². The summed E-state index contributed by atoms with van der Waals surface area (Å²) in [6.45, 7) is 6.13. The van der Waals surface area contributed by atoms with Crippen molar-refractivity contribution in [3.63, 3.8) is 0 Å². The molecule has 0 saturated heterocycles. The van der Waals surface area contributed by atoms with Crippen LogP contribution in [0.15, 0.2) is 0 Å². The Morgan fingerprint density at radius 1 is 1.47 bits per heavy atom. The van der Waals surface area contributed by atoms with Gasteiger partial charge in [-0.25, -0.2) is 0 Å². The van der Waals surface area contributed by atoms with Crippen LogP contribution < -0.4 is 11.1 Å². The lowest BCUT2D eigenvalue weighted by Gasteiger charge is -2.37. The van der Waals surface area contributed by atoms with Gasteiger partial charge in [0, 0.05) is 12.1 Å². The van der Waals surface area contributed by atoms with Crippen LogP contribution in [0.3, 0.4) is 0 Å². The second-order valence-corrected chi connectivity index (χ2v) is 5.70. The first-order valence-corrected chi connectivity index (χ1v) is 7.11. The van der Waals surface area contributed by atoms with E-state index in [1.807, 2.05) is 6.92 Å². The van der Waals surface area contributed by atoms with Gasteiger partial charge in [-0.15, -0.1) is 0 Å². The monoisotopic (exact) mass is 270 g/mol. The van der Waals surface area contributed by atoms with Crippen LogP contribution in [0.5, 0.6) is 0 Å². The Bertz CT molecular complexity index is 329. The van der Waals surface area contributed by atoms with E-state index in [1.54, 1.807) is 13.8 Å². The molecule has 0 aromatic rings. The number of nitrogens with one attached hydrogen (secondary N) is 1. The molecule has 5 heteroatoms. The molecule has 0 aromatic heterocycles. The van der Waals surface area contributed by atoms with Gasteiger partial charge in [-0.05, 0) is 26.7 Å². The summed E-state index contributed by atoms with van der Waals surface area (Å²) in [7, 11) is 0. The van der Waals surface area contributed by atoms with Gasteiger partial charge in [-0.1, -0.05) is 19.8 Å². The zero-order valence-electron chi connectivity index (χ0n) is 12.2. The summed E-state index contributed by atoms with van der Waals surface area (Å²) in [6.07, 6.45) is 3.82. The van der Waals surface area contributed by atoms with Crippen LogP contribution in [0.1, 0.15) is 46.5 Å². The van der Waals surface area contributed by atoms with Gasteiger partial charge in [-0.2, -0.15) is 0 Å². The molecule has 3 N–H and O–H groups in total. The number of carbonyl (C=O) groups excluding carboxylic acids is 2. The highest BCUT2D eigenvalue weighted by Gasteiger charge is 2.37. The number of esters is 1. The molecule has 1 aliphatic rings. The summed E-state index contributed by atoms with van der Waals surface area (Å²) in [4.78, 5) is 23.6. The Kier molecular flexibility index (Phi) is 5.79. The molecule has 3 unspecified atom stereocenters. The summed E-state index contributed by atoms with van der Waals surface area (Å²) in [5.74, 6) is -0.796. The predicted octanol–water partition coefficient (Wildman–Crippen LogP) is 1.21. The zero-order valence-corrected chi connectivity index (χ0v) is 12.2. The standard InChI is InChI=1S/C14H26N2O3/c1-4-19-13(18)10(2)9-16-12(17)11-7-5-6-8-14(11,3)15/h10-11H,4-9,15H2,1-3H3,(H,16,17). The molecule has 1 aliphatic carbocycles. The lowest BCUT2D eigenvalue weighted by atomic mass is 9.74. The van der Waals surface area contributed by atoms with E-state index in [0.717, 1.165) is 25.7 Å². The van der Waals surface area contributed by atoms with E-state index in [0.29, 0.717) is 13.2 Å². The molecule has 5 nitrogen and oxygen atoms in total. The quantitative estimate of drug-likeness (QED) is 0.736. The number of hydrogen-bond acceptors (Lipinski definition) is 4. The average Bonchev–Trinajstić information content (AvgIpc) is 2.35. The van der Waals surface area contributed by atoms with Gasteiger partial charge in [0.25, 0.3) is 0 Å². The van der Waals surface area contributed by atoms with Gasteiger partial charge in [0.15, 0.2) is 0 Å². The van der Waals surface area contributed by atoms with Crippen molar-refractivity contribution in [2.45, 2.75) is 52.0 Å². The highest BCUT2D eigenvalue weighted by Crippen LogP contribution is 2.31. The minimum Gasteiger partial charge on any atom is -0.466 e. The molecule has 1 rings (SSSR count). The second kappa shape index (κ2) is 6.89. The summed E-state index contributed by atoms with van der Waals surface area (Å²) in [6, 6.07) is 0. The van der Waals surface area contributed by atoms with Crippen molar-refractivity contribution in [1.29, 1.82) is 0 Å². The van der Waals surface area contributed by atoms with E-state index in [9.17, 15) is 9.59 Å². The summed E-state index contributed by atoms with van der Waals surface area (Å²) >= 11 is 0. The van der Waals surface area contributed by atoms with Crippen LogP contribution >= 0.6 is 0 Å². The normalized spacial score (nSPS) is 28.5. The largest absolute Gasteiger partial charge is 0.466 e. The molecule has 110 valence electrons. The zero-order chi connectivity index (χ0) is 14.5. The lowest BCUT2D eigenvalue weighted by molar-refractivity contribution is -0.147. The molecule has 0 aliphatic heterocycles. The van der Waals surface area contributed by atoms with Crippen molar-refractivity contribution in [1.82, 2.24) is 5.32 Å². The molecule has 0 spiro atoms. The van der Waals surface area contributed by atoms with E-state index in [4.69, 9.17) is 10.5 Å². The van der Waals surface area contributed by atoms with Crippen molar-refractivity contribution < 1.29 is 14.3 Å². The van der Waals surface area contributed by atoms with Gasteiger partial charge in [0.1, 0.15) is 0 Å². The van der Waals surface area contributed by atoms with E-state index in [1.165, 1.54) is 0 Å². The third-order valence-corrected chi connectivity index (χ3v) is 3.84. The lowest BCUT2D eigenvalue weighted by Crippen LogP contribution is -2.53. The maximum absolute atomic E-state index is 12.2. The molecular weight excluding hydrogens is 244 g/mol. The maximum Gasteiger partial charge on any atom is 0.310 e. The van der Waals surface area contributed by atoms with Gasteiger partial charge in [0.05, 0.1) is 18.4 Å². The third-order valence-electron chi connectivity index (χ3n) is 3.84. The fraction of sp³-hybridized carbons (Fsp3) is 0.857. The Morgan fingerprint density at radius 2 is 2.16 bits per heavy atom. The van der Waals surface area contributed by atoms with Gasteiger partial charge < -0.3 is 15.8 Å². The summed E-state index contributed by atoms with van der Waals surface area (Å²) in [5.41, 5.74) is 5.75. The summed E-state index contributed by atoms with van der Waals surface area (Å²) < 4.78 is 4.91. The van der Waals surface area contributed by atoms with Crippen LogP contribution in [-0.2, 0) is 14.3 Å². The molecular formula is C14H26N2O3. The first-order chi connectivity index (χ1) is 8.88. The molecule has 0 bridgehead atoms. The minimum atomic E-state index is -0.435. The van der Waals surface area contributed by atoms with E-state index >= 15 is 0 Å². The van der Waals surface area contributed by atoms with Crippen molar-refractivity contribution >= 4 is 11.9 Å². The molecule has 1 amide bonds. The SMILES string of the molecule is CCOC(=O)C(C)CNC(=O)C1CCCCC1(C)N.